The molecule has 7 nitrogen and oxygen atoms in total. The minimum absolute atomic E-state index is 0.286. The lowest BCUT2D eigenvalue weighted by Gasteiger charge is -2.20. The van der Waals surface area contributed by atoms with Crippen LogP contribution in [0.1, 0.15) is 0 Å². The molecule has 2 amide bonds. The van der Waals surface area contributed by atoms with Gasteiger partial charge in [-0.1, -0.05) is 22.9 Å². The molecule has 0 aliphatic rings. The summed E-state index contributed by atoms with van der Waals surface area (Å²) in [5.41, 5.74) is 5.78. The Morgan fingerprint density at radius 1 is 1.33 bits per heavy atom. The predicted octanol–water partition coefficient (Wildman–Crippen LogP) is 3.19. The highest BCUT2D eigenvalue weighted by Crippen LogP contribution is 2.41. The molecule has 0 saturated carbocycles. The molecule has 0 radical (unpaired) electrons. The smallest absolute Gasteiger partial charge is 0.325 e. The Hall–Kier alpha value is -1.58. The largest absolute Gasteiger partial charge is 0.495 e. The minimum atomic E-state index is -0.738. The molecular weight excluding hydrogens is 384 g/mol. The first kappa shape index (κ1) is 15.8. The lowest BCUT2D eigenvalue weighted by molar-refractivity contribution is 0.256. The van der Waals surface area contributed by atoms with E-state index in [0.717, 1.165) is 16.2 Å². The summed E-state index contributed by atoms with van der Waals surface area (Å²) < 4.78 is 10.9. The first-order valence-corrected chi connectivity index (χ1v) is 7.46. The van der Waals surface area contributed by atoms with E-state index in [1.165, 1.54) is 20.3 Å². The molecule has 2 rings (SSSR count). The summed E-state index contributed by atoms with van der Waals surface area (Å²) in [6, 6.07) is 2.33. The van der Waals surface area contributed by atoms with Crippen molar-refractivity contribution in [2.75, 3.05) is 19.1 Å². The molecule has 0 aliphatic carbocycles. The highest BCUT2D eigenvalue weighted by atomic mass is 79.9. The van der Waals surface area contributed by atoms with Gasteiger partial charge in [-0.25, -0.2) is 9.69 Å². The number of urea groups is 1. The molecule has 2 aromatic rings. The minimum Gasteiger partial charge on any atom is -0.495 e. The van der Waals surface area contributed by atoms with Gasteiger partial charge in [-0.2, -0.15) is 0 Å². The molecule has 0 saturated heterocycles. The number of hydrogen-bond acceptors (Lipinski definition) is 6. The van der Waals surface area contributed by atoms with Crippen LogP contribution in [0.15, 0.2) is 16.0 Å². The van der Waals surface area contributed by atoms with E-state index in [1.54, 1.807) is 6.07 Å². The fraction of sp³-hybridized carbons (Fsp3) is 0.182. The number of nitrogens with zero attached hydrogens (tertiary/aromatic N) is 3. The van der Waals surface area contributed by atoms with Gasteiger partial charge in [0.05, 0.1) is 24.9 Å². The average molecular weight is 394 g/mol. The molecule has 0 spiro atoms. The summed E-state index contributed by atoms with van der Waals surface area (Å²) in [5.74, 6) is 0.779. The molecule has 1 heterocycles. The van der Waals surface area contributed by atoms with Gasteiger partial charge < -0.3 is 15.2 Å². The van der Waals surface area contributed by atoms with Crippen LogP contribution in [0.4, 0.5) is 15.6 Å². The Morgan fingerprint density at radius 3 is 2.48 bits per heavy atom. The maximum Gasteiger partial charge on any atom is 0.325 e. The van der Waals surface area contributed by atoms with Gasteiger partial charge in [-0.3, -0.25) is 0 Å². The number of aromatic nitrogens is 2. The quantitative estimate of drug-likeness (QED) is 0.861. The molecule has 1 aromatic heterocycles. The van der Waals surface area contributed by atoms with E-state index >= 15 is 0 Å². The van der Waals surface area contributed by atoms with Crippen LogP contribution >= 0.6 is 38.9 Å². The Bertz CT molecular complexity index is 681. The lowest BCUT2D eigenvalue weighted by atomic mass is 10.2. The van der Waals surface area contributed by atoms with Crippen LogP contribution in [0, 0.1) is 0 Å². The normalized spacial score (nSPS) is 10.3. The van der Waals surface area contributed by atoms with Crippen molar-refractivity contribution in [3.8, 4) is 11.5 Å². The number of nitrogens with two attached hydrogens (primary N) is 1. The van der Waals surface area contributed by atoms with Crippen molar-refractivity contribution in [2.45, 2.75) is 0 Å². The van der Waals surface area contributed by atoms with Crippen LogP contribution in [0.25, 0.3) is 0 Å². The van der Waals surface area contributed by atoms with E-state index in [-0.39, 0.29) is 5.13 Å². The summed E-state index contributed by atoms with van der Waals surface area (Å²) in [7, 11) is 2.94. The third-order valence-electron chi connectivity index (χ3n) is 2.50. The molecular formula is C11H10BrClN4O3S. The summed E-state index contributed by atoms with van der Waals surface area (Å²) in [5, 5.41) is 8.27. The number of ether oxygens (including phenoxy) is 2. The monoisotopic (exact) mass is 392 g/mol. The molecule has 10 heteroatoms. The summed E-state index contributed by atoms with van der Waals surface area (Å²) >= 11 is 10.4. The molecule has 21 heavy (non-hydrogen) atoms. The molecule has 2 N–H and O–H groups in total. The summed E-state index contributed by atoms with van der Waals surface area (Å²) in [4.78, 5) is 12.9. The Balaban J connectivity index is 2.60. The van der Waals surface area contributed by atoms with Crippen molar-refractivity contribution in [1.29, 1.82) is 0 Å². The number of hydrogen-bond donors (Lipinski definition) is 1. The number of anilines is 2. The number of carbonyl (C=O) groups is 1. The second-order valence-corrected chi connectivity index (χ2v) is 6.31. The van der Waals surface area contributed by atoms with Crippen LogP contribution in [-0.4, -0.2) is 30.4 Å². The fourth-order valence-corrected chi connectivity index (χ4v) is 2.97. The zero-order chi connectivity index (χ0) is 15.6. The van der Waals surface area contributed by atoms with Gasteiger partial charge in [0, 0.05) is 6.07 Å². The van der Waals surface area contributed by atoms with Crippen LogP contribution in [-0.2, 0) is 0 Å². The van der Waals surface area contributed by atoms with E-state index in [9.17, 15) is 4.79 Å². The Morgan fingerprint density at radius 2 is 2.00 bits per heavy atom. The van der Waals surface area contributed by atoms with E-state index in [0.29, 0.717) is 26.1 Å². The second-order valence-electron chi connectivity index (χ2n) is 3.67. The predicted molar refractivity (Wildman–Crippen MR) is 83.9 cm³/mol. The van der Waals surface area contributed by atoms with Crippen LogP contribution < -0.4 is 20.1 Å². The van der Waals surface area contributed by atoms with E-state index < -0.39 is 6.03 Å². The molecule has 0 unspecified atom stereocenters. The SMILES string of the molecule is COc1cc(OC)c(N(C(N)=O)c2nnc(Br)s2)cc1Cl. The molecule has 0 bridgehead atoms. The Labute approximate surface area is 137 Å². The van der Waals surface area contributed by atoms with Gasteiger partial charge in [0.2, 0.25) is 5.13 Å². The van der Waals surface area contributed by atoms with Crippen molar-refractivity contribution < 1.29 is 14.3 Å². The third-order valence-corrected chi connectivity index (χ3v) is 4.13. The van der Waals surface area contributed by atoms with Gasteiger partial charge >= 0.3 is 6.03 Å². The first-order valence-electron chi connectivity index (χ1n) is 5.48. The number of benzene rings is 1. The van der Waals surface area contributed by atoms with Gasteiger partial charge in [0.25, 0.3) is 0 Å². The number of methoxy groups -OCH3 is 2. The van der Waals surface area contributed by atoms with Crippen LogP contribution in [0.3, 0.4) is 0 Å². The van der Waals surface area contributed by atoms with Gasteiger partial charge in [-0.15, -0.1) is 10.2 Å². The maximum absolute atomic E-state index is 11.8. The number of primary amides is 1. The topological polar surface area (TPSA) is 90.6 Å². The number of carbonyl (C=O) groups excluding carboxylic acids is 1. The second kappa shape index (κ2) is 6.46. The van der Waals surface area contributed by atoms with Gasteiger partial charge in [-0.05, 0) is 22.0 Å². The van der Waals surface area contributed by atoms with Gasteiger partial charge in [0.1, 0.15) is 11.5 Å². The van der Waals surface area contributed by atoms with Crippen molar-refractivity contribution >= 4 is 55.7 Å². The van der Waals surface area contributed by atoms with Crippen molar-refractivity contribution in [3.63, 3.8) is 0 Å². The molecule has 0 aliphatic heterocycles. The number of amides is 2. The fourth-order valence-electron chi connectivity index (χ4n) is 1.62. The van der Waals surface area contributed by atoms with Crippen LogP contribution in [0.5, 0.6) is 11.5 Å². The standard InChI is InChI=1S/C11H10BrClN4O3S/c1-19-7-4-8(20-2)6(3-5(7)13)17(10(14)18)11-16-15-9(12)21-11/h3-4H,1-2H3,(H2,14,18). The van der Waals surface area contributed by atoms with E-state index in [2.05, 4.69) is 26.1 Å². The molecule has 0 fully saturated rings. The van der Waals surface area contributed by atoms with Gasteiger partial charge in [0.15, 0.2) is 3.92 Å². The lowest BCUT2D eigenvalue weighted by Crippen LogP contribution is -2.31. The van der Waals surface area contributed by atoms with Crippen molar-refractivity contribution in [3.05, 3.63) is 21.1 Å². The summed E-state index contributed by atoms with van der Waals surface area (Å²) in [6.45, 7) is 0. The molecule has 0 atom stereocenters. The number of halogens is 2. The third kappa shape index (κ3) is 3.20. The van der Waals surface area contributed by atoms with E-state index in [1.807, 2.05) is 0 Å². The first-order chi connectivity index (χ1) is 9.97. The Kier molecular flexibility index (Phi) is 4.86. The highest BCUT2D eigenvalue weighted by Gasteiger charge is 2.24. The maximum atomic E-state index is 11.8. The average Bonchev–Trinajstić information content (AvgIpc) is 2.85. The summed E-state index contributed by atoms with van der Waals surface area (Å²) in [6.07, 6.45) is 0. The highest BCUT2D eigenvalue weighted by molar-refractivity contribution is 9.11. The van der Waals surface area contributed by atoms with Crippen molar-refractivity contribution in [2.24, 2.45) is 5.73 Å². The van der Waals surface area contributed by atoms with Crippen LogP contribution in [0.2, 0.25) is 5.02 Å². The number of rotatable bonds is 4. The van der Waals surface area contributed by atoms with E-state index in [4.69, 9.17) is 26.8 Å². The zero-order valence-corrected chi connectivity index (χ0v) is 14.1. The van der Waals surface area contributed by atoms with Crippen molar-refractivity contribution in [1.82, 2.24) is 10.2 Å². The molecule has 112 valence electrons. The zero-order valence-electron chi connectivity index (χ0n) is 11.0. The molecule has 1 aromatic carbocycles.